The Bertz CT molecular complexity index is 833. The zero-order valence-electron chi connectivity index (χ0n) is 14.5. The molecule has 136 valence electrons. The van der Waals surface area contributed by atoms with Crippen LogP contribution in [0.1, 0.15) is 15.9 Å². The van der Waals surface area contributed by atoms with E-state index >= 15 is 0 Å². The molecule has 7 heteroatoms. The lowest BCUT2D eigenvalue weighted by atomic mass is 10.1. The van der Waals surface area contributed by atoms with Gasteiger partial charge in [-0.2, -0.15) is 0 Å². The number of amides is 1. The summed E-state index contributed by atoms with van der Waals surface area (Å²) in [5.74, 6) is -0.0696. The van der Waals surface area contributed by atoms with E-state index in [1.807, 2.05) is 0 Å². The predicted octanol–water partition coefficient (Wildman–Crippen LogP) is 3.41. The lowest BCUT2D eigenvalue weighted by Crippen LogP contribution is -2.28. The first-order valence-corrected chi connectivity index (χ1v) is 8.37. The van der Waals surface area contributed by atoms with Crippen LogP contribution in [0.5, 0.6) is 11.5 Å². The van der Waals surface area contributed by atoms with Gasteiger partial charge in [0.1, 0.15) is 5.70 Å². The SMILES string of the molecule is COC(=O)C(=Cc1cc(OC)c(OC)cc1Br)NC(=O)c1ccccc1. The van der Waals surface area contributed by atoms with Crippen molar-refractivity contribution in [2.75, 3.05) is 21.3 Å². The van der Waals surface area contributed by atoms with E-state index < -0.39 is 11.9 Å². The fourth-order valence-corrected chi connectivity index (χ4v) is 2.61. The molecule has 0 spiro atoms. The van der Waals surface area contributed by atoms with Gasteiger partial charge in [-0.1, -0.05) is 34.1 Å². The van der Waals surface area contributed by atoms with Gasteiger partial charge in [0, 0.05) is 10.0 Å². The molecule has 0 saturated heterocycles. The number of rotatable bonds is 6. The maximum absolute atomic E-state index is 12.4. The highest BCUT2D eigenvalue weighted by Crippen LogP contribution is 2.34. The average molecular weight is 420 g/mol. The Morgan fingerprint density at radius 1 is 1.00 bits per heavy atom. The fourth-order valence-electron chi connectivity index (χ4n) is 2.18. The van der Waals surface area contributed by atoms with Crippen LogP contribution in [0.15, 0.2) is 52.6 Å². The fraction of sp³-hybridized carbons (Fsp3) is 0.158. The predicted molar refractivity (Wildman–Crippen MR) is 101 cm³/mol. The Morgan fingerprint density at radius 2 is 1.62 bits per heavy atom. The van der Waals surface area contributed by atoms with Crippen molar-refractivity contribution in [1.29, 1.82) is 0 Å². The van der Waals surface area contributed by atoms with Gasteiger partial charge >= 0.3 is 5.97 Å². The molecule has 0 fully saturated rings. The number of carbonyl (C=O) groups excluding carboxylic acids is 2. The molecule has 0 saturated carbocycles. The summed E-state index contributed by atoms with van der Waals surface area (Å²) in [6, 6.07) is 12.0. The molecule has 0 atom stereocenters. The first-order valence-electron chi connectivity index (χ1n) is 7.58. The summed E-state index contributed by atoms with van der Waals surface area (Å²) < 4.78 is 15.9. The van der Waals surface area contributed by atoms with Crippen LogP contribution in [0.4, 0.5) is 0 Å². The molecule has 0 aliphatic heterocycles. The number of halogens is 1. The molecule has 0 heterocycles. The van der Waals surface area contributed by atoms with E-state index in [1.165, 1.54) is 27.4 Å². The van der Waals surface area contributed by atoms with Crippen LogP contribution in [-0.4, -0.2) is 33.2 Å². The Balaban J connectivity index is 2.41. The summed E-state index contributed by atoms with van der Waals surface area (Å²) in [7, 11) is 4.28. The Morgan fingerprint density at radius 3 is 2.19 bits per heavy atom. The Hall–Kier alpha value is -2.80. The highest BCUT2D eigenvalue weighted by atomic mass is 79.9. The second kappa shape index (κ2) is 9.05. The van der Waals surface area contributed by atoms with E-state index in [4.69, 9.17) is 14.2 Å². The monoisotopic (exact) mass is 419 g/mol. The van der Waals surface area contributed by atoms with Crippen molar-refractivity contribution in [3.8, 4) is 11.5 Å². The maximum Gasteiger partial charge on any atom is 0.354 e. The first-order chi connectivity index (χ1) is 12.5. The van der Waals surface area contributed by atoms with Crippen molar-refractivity contribution in [3.63, 3.8) is 0 Å². The van der Waals surface area contributed by atoms with Gasteiger partial charge in [-0.15, -0.1) is 0 Å². The summed E-state index contributed by atoms with van der Waals surface area (Å²) in [5.41, 5.74) is 1.03. The van der Waals surface area contributed by atoms with E-state index in [0.29, 0.717) is 27.1 Å². The normalized spacial score (nSPS) is 10.8. The van der Waals surface area contributed by atoms with Crippen LogP contribution in [0.25, 0.3) is 6.08 Å². The van der Waals surface area contributed by atoms with Gasteiger partial charge in [-0.05, 0) is 35.9 Å². The number of nitrogens with one attached hydrogen (secondary N) is 1. The molecule has 0 bridgehead atoms. The third-order valence-electron chi connectivity index (χ3n) is 3.49. The molecule has 0 unspecified atom stereocenters. The molecule has 0 aromatic heterocycles. The standard InChI is InChI=1S/C19H18BrNO5/c1-24-16-10-13(14(20)11-17(16)25-2)9-15(19(23)26-3)21-18(22)12-7-5-4-6-8-12/h4-11H,1-3H3,(H,21,22). The van der Waals surface area contributed by atoms with E-state index in [9.17, 15) is 9.59 Å². The van der Waals surface area contributed by atoms with Crippen molar-refractivity contribution in [1.82, 2.24) is 5.32 Å². The van der Waals surface area contributed by atoms with Crippen molar-refractivity contribution < 1.29 is 23.8 Å². The summed E-state index contributed by atoms with van der Waals surface area (Å²) >= 11 is 3.42. The van der Waals surface area contributed by atoms with Crippen LogP contribution in [-0.2, 0) is 9.53 Å². The zero-order chi connectivity index (χ0) is 19.1. The number of benzene rings is 2. The van der Waals surface area contributed by atoms with Gasteiger partial charge in [-0.25, -0.2) is 4.79 Å². The molecule has 0 aliphatic carbocycles. The molecule has 26 heavy (non-hydrogen) atoms. The highest BCUT2D eigenvalue weighted by Gasteiger charge is 2.16. The van der Waals surface area contributed by atoms with Crippen LogP contribution < -0.4 is 14.8 Å². The number of hydrogen-bond acceptors (Lipinski definition) is 5. The van der Waals surface area contributed by atoms with Gasteiger partial charge in [-0.3, -0.25) is 4.79 Å². The smallest absolute Gasteiger partial charge is 0.354 e. The minimum absolute atomic E-state index is 0.00530. The number of esters is 1. The average Bonchev–Trinajstić information content (AvgIpc) is 2.68. The molecular formula is C19H18BrNO5. The Labute approximate surface area is 159 Å². The minimum Gasteiger partial charge on any atom is -0.493 e. The molecular weight excluding hydrogens is 402 g/mol. The number of hydrogen-bond donors (Lipinski definition) is 1. The minimum atomic E-state index is -0.670. The summed E-state index contributed by atoms with van der Waals surface area (Å²) in [5, 5.41) is 2.58. The molecule has 6 nitrogen and oxygen atoms in total. The zero-order valence-corrected chi connectivity index (χ0v) is 16.1. The van der Waals surface area contributed by atoms with Gasteiger partial charge in [0.25, 0.3) is 5.91 Å². The van der Waals surface area contributed by atoms with Crippen LogP contribution in [0.3, 0.4) is 0 Å². The third-order valence-corrected chi connectivity index (χ3v) is 4.18. The third kappa shape index (κ3) is 4.64. The molecule has 0 aliphatic rings. The number of ether oxygens (including phenoxy) is 3. The van der Waals surface area contributed by atoms with Gasteiger partial charge in [0.2, 0.25) is 0 Å². The number of carbonyl (C=O) groups is 2. The lowest BCUT2D eigenvalue weighted by Gasteiger charge is -2.12. The second-order valence-electron chi connectivity index (χ2n) is 5.10. The van der Waals surface area contributed by atoms with Crippen molar-refractivity contribution in [3.05, 3.63) is 63.8 Å². The van der Waals surface area contributed by atoms with Crippen molar-refractivity contribution in [2.45, 2.75) is 0 Å². The second-order valence-corrected chi connectivity index (χ2v) is 5.95. The van der Waals surface area contributed by atoms with Gasteiger partial charge < -0.3 is 19.5 Å². The number of methoxy groups -OCH3 is 3. The van der Waals surface area contributed by atoms with Crippen molar-refractivity contribution >= 4 is 33.9 Å². The van der Waals surface area contributed by atoms with Crippen molar-refractivity contribution in [2.24, 2.45) is 0 Å². The van der Waals surface area contributed by atoms with Crippen LogP contribution in [0, 0.1) is 0 Å². The van der Waals surface area contributed by atoms with E-state index in [2.05, 4.69) is 21.2 Å². The highest BCUT2D eigenvalue weighted by molar-refractivity contribution is 9.10. The summed E-state index contributed by atoms with van der Waals surface area (Å²) in [6.45, 7) is 0. The Kier molecular flexibility index (Phi) is 6.80. The molecule has 1 amide bonds. The largest absolute Gasteiger partial charge is 0.493 e. The van der Waals surface area contributed by atoms with E-state index in [1.54, 1.807) is 42.5 Å². The molecule has 1 N–H and O–H groups in total. The molecule has 2 aromatic rings. The van der Waals surface area contributed by atoms with Crippen LogP contribution in [0.2, 0.25) is 0 Å². The summed E-state index contributed by atoms with van der Waals surface area (Å²) in [4.78, 5) is 24.5. The topological polar surface area (TPSA) is 73.9 Å². The first kappa shape index (κ1) is 19.5. The molecule has 0 radical (unpaired) electrons. The summed E-state index contributed by atoms with van der Waals surface area (Å²) in [6.07, 6.45) is 1.50. The van der Waals surface area contributed by atoms with Gasteiger partial charge in [0.05, 0.1) is 21.3 Å². The lowest BCUT2D eigenvalue weighted by molar-refractivity contribution is -0.136. The van der Waals surface area contributed by atoms with Crippen LogP contribution >= 0.6 is 15.9 Å². The molecule has 2 rings (SSSR count). The quantitative estimate of drug-likeness (QED) is 0.573. The maximum atomic E-state index is 12.4. The van der Waals surface area contributed by atoms with E-state index in [-0.39, 0.29) is 5.70 Å². The molecule has 2 aromatic carbocycles. The van der Waals surface area contributed by atoms with Gasteiger partial charge in [0.15, 0.2) is 11.5 Å². The van der Waals surface area contributed by atoms with E-state index in [0.717, 1.165) is 0 Å².